The van der Waals surface area contributed by atoms with Gasteiger partial charge in [0.15, 0.2) is 0 Å². The number of nitrogens with zero attached hydrogens (tertiary/aromatic N) is 1. The predicted octanol–water partition coefficient (Wildman–Crippen LogP) is 4.51. The van der Waals surface area contributed by atoms with Crippen molar-refractivity contribution in [1.82, 2.24) is 10.3 Å². The lowest BCUT2D eigenvalue weighted by Crippen LogP contribution is -2.18. The van der Waals surface area contributed by atoms with Gasteiger partial charge in [0.05, 0.1) is 10.7 Å². The van der Waals surface area contributed by atoms with E-state index in [1.807, 2.05) is 13.8 Å². The fourth-order valence-corrected chi connectivity index (χ4v) is 3.35. The summed E-state index contributed by atoms with van der Waals surface area (Å²) in [5, 5.41) is 4.41. The molecular weight excluding hydrogens is 327 g/mol. The Morgan fingerprint density at radius 3 is 2.79 bits per heavy atom. The minimum atomic E-state index is -0.180. The first-order valence-electron chi connectivity index (χ1n) is 6.08. The van der Waals surface area contributed by atoms with Gasteiger partial charge in [0.2, 0.25) is 0 Å². The standard InChI is InChI=1S/C14H16BrFN2S/c1-8(14-9(2)18-10(3)19-14)17-7-11-6-12(15)4-5-13(11)16/h4-6,8,17H,7H2,1-3H3. The smallest absolute Gasteiger partial charge is 0.127 e. The second-order valence-electron chi connectivity index (χ2n) is 4.52. The molecule has 1 unspecified atom stereocenters. The van der Waals surface area contributed by atoms with Gasteiger partial charge in [-0.1, -0.05) is 15.9 Å². The Balaban J connectivity index is 2.06. The van der Waals surface area contributed by atoms with Gasteiger partial charge >= 0.3 is 0 Å². The number of halogens is 2. The van der Waals surface area contributed by atoms with Crippen molar-refractivity contribution in [2.24, 2.45) is 0 Å². The van der Waals surface area contributed by atoms with Crippen LogP contribution >= 0.6 is 27.3 Å². The molecule has 0 aliphatic heterocycles. The Morgan fingerprint density at radius 2 is 2.16 bits per heavy atom. The van der Waals surface area contributed by atoms with Crippen LogP contribution in [0.4, 0.5) is 4.39 Å². The van der Waals surface area contributed by atoms with Crippen LogP contribution in [0, 0.1) is 19.7 Å². The van der Waals surface area contributed by atoms with Crippen LogP contribution in [-0.2, 0) is 6.54 Å². The van der Waals surface area contributed by atoms with Gasteiger partial charge in [-0.05, 0) is 39.0 Å². The molecule has 0 aliphatic rings. The third kappa shape index (κ3) is 3.61. The minimum Gasteiger partial charge on any atom is -0.305 e. The van der Waals surface area contributed by atoms with Crippen LogP contribution < -0.4 is 5.32 Å². The summed E-state index contributed by atoms with van der Waals surface area (Å²) in [5.41, 5.74) is 1.72. The number of aromatic nitrogens is 1. The van der Waals surface area contributed by atoms with E-state index in [0.717, 1.165) is 15.2 Å². The molecule has 0 saturated carbocycles. The quantitative estimate of drug-likeness (QED) is 0.883. The second kappa shape index (κ2) is 6.11. The number of benzene rings is 1. The van der Waals surface area contributed by atoms with E-state index < -0.39 is 0 Å². The third-order valence-electron chi connectivity index (χ3n) is 2.94. The van der Waals surface area contributed by atoms with Gasteiger partial charge < -0.3 is 5.32 Å². The van der Waals surface area contributed by atoms with Crippen LogP contribution in [0.25, 0.3) is 0 Å². The number of aryl methyl sites for hydroxylation is 2. The average Bonchev–Trinajstić information content (AvgIpc) is 2.69. The van der Waals surface area contributed by atoms with Gasteiger partial charge in [-0.2, -0.15) is 0 Å². The molecule has 0 bridgehead atoms. The number of rotatable bonds is 4. The molecule has 19 heavy (non-hydrogen) atoms. The van der Waals surface area contributed by atoms with Crippen LogP contribution in [0.1, 0.15) is 34.1 Å². The van der Waals surface area contributed by atoms with E-state index in [9.17, 15) is 4.39 Å². The Labute approximate surface area is 125 Å². The van der Waals surface area contributed by atoms with Gasteiger partial charge in [-0.25, -0.2) is 9.37 Å². The highest BCUT2D eigenvalue weighted by atomic mass is 79.9. The summed E-state index contributed by atoms with van der Waals surface area (Å²) in [6.45, 7) is 6.59. The first-order valence-corrected chi connectivity index (χ1v) is 7.69. The zero-order valence-corrected chi connectivity index (χ0v) is 13.5. The van der Waals surface area contributed by atoms with E-state index in [1.54, 1.807) is 23.5 Å². The van der Waals surface area contributed by atoms with E-state index in [1.165, 1.54) is 10.9 Å². The van der Waals surface area contributed by atoms with Crippen LogP contribution in [0.2, 0.25) is 0 Å². The topological polar surface area (TPSA) is 24.9 Å². The number of hydrogen-bond acceptors (Lipinski definition) is 3. The van der Waals surface area contributed by atoms with Crippen molar-refractivity contribution < 1.29 is 4.39 Å². The molecule has 0 radical (unpaired) electrons. The van der Waals surface area contributed by atoms with Gasteiger partial charge in [-0.15, -0.1) is 11.3 Å². The lowest BCUT2D eigenvalue weighted by Gasteiger charge is -2.13. The molecule has 0 aliphatic carbocycles. The summed E-state index contributed by atoms with van der Waals surface area (Å²) in [6.07, 6.45) is 0. The Bertz CT molecular complexity index is 583. The number of hydrogen-bond donors (Lipinski definition) is 1. The molecule has 1 N–H and O–H groups in total. The van der Waals surface area contributed by atoms with Crippen LogP contribution in [-0.4, -0.2) is 4.98 Å². The summed E-state index contributed by atoms with van der Waals surface area (Å²) in [6, 6.07) is 5.16. The number of thiazole rings is 1. The second-order valence-corrected chi connectivity index (χ2v) is 6.67. The summed E-state index contributed by atoms with van der Waals surface area (Å²) in [4.78, 5) is 5.63. The van der Waals surface area contributed by atoms with Crippen LogP contribution in [0.15, 0.2) is 22.7 Å². The van der Waals surface area contributed by atoms with Crippen molar-refractivity contribution in [3.63, 3.8) is 0 Å². The Morgan fingerprint density at radius 1 is 1.42 bits per heavy atom. The molecule has 0 spiro atoms. The zero-order valence-electron chi connectivity index (χ0n) is 11.1. The van der Waals surface area contributed by atoms with Crippen LogP contribution in [0.3, 0.4) is 0 Å². The highest BCUT2D eigenvalue weighted by Crippen LogP contribution is 2.25. The molecule has 1 aromatic heterocycles. The molecule has 0 amide bonds. The first-order chi connectivity index (χ1) is 8.97. The molecule has 1 heterocycles. The van der Waals surface area contributed by atoms with Crippen molar-refractivity contribution in [3.8, 4) is 0 Å². The molecule has 5 heteroatoms. The van der Waals surface area contributed by atoms with Gasteiger partial charge in [0, 0.05) is 27.5 Å². The van der Waals surface area contributed by atoms with Crippen molar-refractivity contribution in [2.45, 2.75) is 33.4 Å². The molecule has 0 saturated heterocycles. The highest BCUT2D eigenvalue weighted by molar-refractivity contribution is 9.10. The predicted molar refractivity (Wildman–Crippen MR) is 80.9 cm³/mol. The normalized spacial score (nSPS) is 12.7. The molecule has 2 rings (SSSR count). The maximum absolute atomic E-state index is 13.6. The fraction of sp³-hybridized carbons (Fsp3) is 0.357. The van der Waals surface area contributed by atoms with E-state index in [2.05, 4.69) is 33.2 Å². The summed E-state index contributed by atoms with van der Waals surface area (Å²) in [5.74, 6) is -0.180. The Hall–Kier alpha value is -0.780. The molecule has 2 nitrogen and oxygen atoms in total. The van der Waals surface area contributed by atoms with Crippen LogP contribution in [0.5, 0.6) is 0 Å². The van der Waals surface area contributed by atoms with E-state index >= 15 is 0 Å². The molecule has 2 aromatic rings. The summed E-state index contributed by atoms with van der Waals surface area (Å²) < 4.78 is 14.5. The molecule has 102 valence electrons. The largest absolute Gasteiger partial charge is 0.305 e. The average molecular weight is 343 g/mol. The van der Waals surface area contributed by atoms with Crippen molar-refractivity contribution >= 4 is 27.3 Å². The SMILES string of the molecule is Cc1nc(C)c(C(C)NCc2cc(Br)ccc2F)s1. The lowest BCUT2D eigenvalue weighted by atomic mass is 10.2. The maximum atomic E-state index is 13.6. The third-order valence-corrected chi connectivity index (χ3v) is 4.69. The van der Waals surface area contributed by atoms with E-state index in [-0.39, 0.29) is 11.9 Å². The van der Waals surface area contributed by atoms with Gasteiger partial charge in [0.25, 0.3) is 0 Å². The fourth-order valence-electron chi connectivity index (χ4n) is 1.98. The van der Waals surface area contributed by atoms with E-state index in [4.69, 9.17) is 0 Å². The molecular formula is C14H16BrFN2S. The zero-order chi connectivity index (χ0) is 14.0. The first kappa shape index (κ1) is 14.6. The van der Waals surface area contributed by atoms with E-state index in [0.29, 0.717) is 12.1 Å². The molecule has 0 fully saturated rings. The van der Waals surface area contributed by atoms with Gasteiger partial charge in [-0.3, -0.25) is 0 Å². The molecule has 1 atom stereocenters. The van der Waals surface area contributed by atoms with Crippen molar-refractivity contribution in [2.75, 3.05) is 0 Å². The molecule has 1 aromatic carbocycles. The lowest BCUT2D eigenvalue weighted by molar-refractivity contribution is 0.547. The minimum absolute atomic E-state index is 0.171. The highest BCUT2D eigenvalue weighted by Gasteiger charge is 2.13. The number of nitrogens with one attached hydrogen (secondary N) is 1. The summed E-state index contributed by atoms with van der Waals surface area (Å²) >= 11 is 5.05. The monoisotopic (exact) mass is 342 g/mol. The maximum Gasteiger partial charge on any atom is 0.127 e. The van der Waals surface area contributed by atoms with Crippen molar-refractivity contribution in [3.05, 3.63) is 49.6 Å². The van der Waals surface area contributed by atoms with Gasteiger partial charge in [0.1, 0.15) is 5.82 Å². The van der Waals surface area contributed by atoms with Crippen molar-refractivity contribution in [1.29, 1.82) is 0 Å². The summed E-state index contributed by atoms with van der Waals surface area (Å²) in [7, 11) is 0. The Kier molecular flexibility index (Phi) is 4.71.